The number of hydrogen-bond acceptors (Lipinski definition) is 3. The molecular formula is C13H15N3O2. The maximum Gasteiger partial charge on any atom is 0.303 e. The number of benzene rings is 1. The zero-order valence-electron chi connectivity index (χ0n) is 10.2. The molecule has 0 atom stereocenters. The van der Waals surface area contributed by atoms with Crippen molar-refractivity contribution < 1.29 is 9.90 Å². The number of para-hydroxylation sites is 1. The summed E-state index contributed by atoms with van der Waals surface area (Å²) in [6, 6.07) is 9.76. The molecule has 0 aliphatic rings. The molecule has 0 bridgehead atoms. The molecule has 0 aliphatic heterocycles. The van der Waals surface area contributed by atoms with Crippen LogP contribution in [-0.4, -0.2) is 25.8 Å². The predicted octanol–water partition coefficient (Wildman–Crippen LogP) is 1.98. The van der Waals surface area contributed by atoms with Crippen molar-refractivity contribution in [3.8, 4) is 5.69 Å². The number of carbonyl (C=O) groups is 1. The largest absolute Gasteiger partial charge is 0.481 e. The minimum Gasteiger partial charge on any atom is -0.481 e. The van der Waals surface area contributed by atoms with E-state index in [1.807, 2.05) is 37.3 Å². The summed E-state index contributed by atoms with van der Waals surface area (Å²) in [5.74, 6) is 0.721. The van der Waals surface area contributed by atoms with E-state index >= 15 is 0 Å². The number of carboxylic acid groups (broad SMARTS) is 1. The average molecular weight is 245 g/mol. The van der Waals surface area contributed by atoms with Crippen molar-refractivity contribution >= 4 is 5.97 Å². The molecule has 0 aliphatic carbocycles. The summed E-state index contributed by atoms with van der Waals surface area (Å²) in [5, 5.41) is 13.0. The molecule has 1 aromatic carbocycles. The SMILES string of the molecule is Cc1nc(CCCC(=O)O)nn1-c1ccccc1. The summed E-state index contributed by atoms with van der Waals surface area (Å²) in [7, 11) is 0. The van der Waals surface area contributed by atoms with Crippen LogP contribution in [0.1, 0.15) is 24.5 Å². The highest BCUT2D eigenvalue weighted by molar-refractivity contribution is 5.66. The first-order valence-corrected chi connectivity index (χ1v) is 5.86. The summed E-state index contributed by atoms with van der Waals surface area (Å²) in [6.07, 6.45) is 1.31. The number of aliphatic carboxylic acids is 1. The number of aromatic nitrogens is 3. The van der Waals surface area contributed by atoms with Crippen LogP contribution in [0, 0.1) is 6.92 Å². The van der Waals surface area contributed by atoms with Gasteiger partial charge < -0.3 is 5.11 Å². The lowest BCUT2D eigenvalue weighted by Gasteiger charge is -2.00. The van der Waals surface area contributed by atoms with Gasteiger partial charge in [0.05, 0.1) is 5.69 Å². The van der Waals surface area contributed by atoms with E-state index in [-0.39, 0.29) is 6.42 Å². The standard InChI is InChI=1S/C13H15N3O2/c1-10-14-12(8-5-9-13(17)18)15-16(10)11-6-3-2-4-7-11/h2-4,6-7H,5,8-9H2,1H3,(H,17,18). The van der Waals surface area contributed by atoms with Crippen molar-refractivity contribution in [2.24, 2.45) is 0 Å². The molecular weight excluding hydrogens is 230 g/mol. The van der Waals surface area contributed by atoms with Crippen molar-refractivity contribution in [1.82, 2.24) is 14.8 Å². The first-order valence-electron chi connectivity index (χ1n) is 5.86. The van der Waals surface area contributed by atoms with Gasteiger partial charge >= 0.3 is 5.97 Å². The maximum atomic E-state index is 10.4. The molecule has 2 aromatic rings. The summed E-state index contributed by atoms with van der Waals surface area (Å²) < 4.78 is 1.77. The molecule has 0 saturated carbocycles. The third-order valence-electron chi connectivity index (χ3n) is 2.60. The van der Waals surface area contributed by atoms with Crippen LogP contribution in [0.5, 0.6) is 0 Å². The van der Waals surface area contributed by atoms with Gasteiger partial charge in [0.15, 0.2) is 5.82 Å². The number of nitrogens with zero attached hydrogens (tertiary/aromatic N) is 3. The van der Waals surface area contributed by atoms with Crippen LogP contribution in [0.15, 0.2) is 30.3 Å². The van der Waals surface area contributed by atoms with E-state index in [9.17, 15) is 4.79 Å². The minimum atomic E-state index is -0.783. The smallest absolute Gasteiger partial charge is 0.303 e. The van der Waals surface area contributed by atoms with Crippen LogP contribution < -0.4 is 0 Å². The van der Waals surface area contributed by atoms with Gasteiger partial charge in [-0.25, -0.2) is 9.67 Å². The second kappa shape index (κ2) is 5.44. The molecule has 1 aromatic heterocycles. The van der Waals surface area contributed by atoms with Gasteiger partial charge in [0, 0.05) is 12.8 Å². The van der Waals surface area contributed by atoms with Crippen LogP contribution in [0.4, 0.5) is 0 Å². The highest BCUT2D eigenvalue weighted by atomic mass is 16.4. The van der Waals surface area contributed by atoms with Gasteiger partial charge in [-0.3, -0.25) is 4.79 Å². The zero-order chi connectivity index (χ0) is 13.0. The van der Waals surface area contributed by atoms with Gasteiger partial charge in [0.25, 0.3) is 0 Å². The second-order valence-corrected chi connectivity index (χ2v) is 4.07. The molecule has 0 fully saturated rings. The third kappa shape index (κ3) is 2.94. The van der Waals surface area contributed by atoms with E-state index in [0.717, 1.165) is 11.5 Å². The predicted molar refractivity (Wildman–Crippen MR) is 66.7 cm³/mol. The highest BCUT2D eigenvalue weighted by Crippen LogP contribution is 2.10. The zero-order valence-corrected chi connectivity index (χ0v) is 10.2. The highest BCUT2D eigenvalue weighted by Gasteiger charge is 2.08. The summed E-state index contributed by atoms with van der Waals surface area (Å²) >= 11 is 0. The Kier molecular flexibility index (Phi) is 3.72. The van der Waals surface area contributed by atoms with E-state index in [4.69, 9.17) is 5.11 Å². The monoisotopic (exact) mass is 245 g/mol. The Morgan fingerprint density at radius 2 is 2.06 bits per heavy atom. The second-order valence-electron chi connectivity index (χ2n) is 4.07. The van der Waals surface area contributed by atoms with Gasteiger partial charge in [-0.1, -0.05) is 18.2 Å². The average Bonchev–Trinajstić information content (AvgIpc) is 2.71. The maximum absolute atomic E-state index is 10.4. The van der Waals surface area contributed by atoms with E-state index in [0.29, 0.717) is 18.7 Å². The Labute approximate surface area is 105 Å². The first kappa shape index (κ1) is 12.3. The molecule has 94 valence electrons. The lowest BCUT2D eigenvalue weighted by Crippen LogP contribution is -2.00. The minimum absolute atomic E-state index is 0.152. The van der Waals surface area contributed by atoms with Crippen molar-refractivity contribution in [1.29, 1.82) is 0 Å². The quantitative estimate of drug-likeness (QED) is 0.874. The fourth-order valence-corrected chi connectivity index (χ4v) is 1.76. The van der Waals surface area contributed by atoms with E-state index in [1.54, 1.807) is 4.68 Å². The van der Waals surface area contributed by atoms with E-state index in [2.05, 4.69) is 10.1 Å². The van der Waals surface area contributed by atoms with E-state index in [1.165, 1.54) is 0 Å². The molecule has 5 heteroatoms. The fourth-order valence-electron chi connectivity index (χ4n) is 1.76. The van der Waals surface area contributed by atoms with Gasteiger partial charge in [-0.15, -0.1) is 0 Å². The van der Waals surface area contributed by atoms with Crippen LogP contribution in [0.3, 0.4) is 0 Å². The Morgan fingerprint density at radius 1 is 1.33 bits per heavy atom. The van der Waals surface area contributed by atoms with Crippen LogP contribution in [0.2, 0.25) is 0 Å². The molecule has 5 nitrogen and oxygen atoms in total. The molecule has 0 amide bonds. The van der Waals surface area contributed by atoms with Crippen molar-refractivity contribution in [2.75, 3.05) is 0 Å². The number of hydrogen-bond donors (Lipinski definition) is 1. The molecule has 1 heterocycles. The molecule has 18 heavy (non-hydrogen) atoms. The molecule has 0 radical (unpaired) electrons. The van der Waals surface area contributed by atoms with Crippen LogP contribution >= 0.6 is 0 Å². The first-order chi connectivity index (χ1) is 8.66. The van der Waals surface area contributed by atoms with Gasteiger partial charge in [-0.05, 0) is 25.5 Å². The lowest BCUT2D eigenvalue weighted by atomic mass is 10.2. The fraction of sp³-hybridized carbons (Fsp3) is 0.308. The lowest BCUT2D eigenvalue weighted by molar-refractivity contribution is -0.137. The third-order valence-corrected chi connectivity index (χ3v) is 2.60. The van der Waals surface area contributed by atoms with Crippen molar-refractivity contribution in [2.45, 2.75) is 26.2 Å². The van der Waals surface area contributed by atoms with Gasteiger partial charge in [0.2, 0.25) is 0 Å². The molecule has 1 N–H and O–H groups in total. The Balaban J connectivity index is 2.10. The number of rotatable bonds is 5. The van der Waals surface area contributed by atoms with Crippen LogP contribution in [-0.2, 0) is 11.2 Å². The topological polar surface area (TPSA) is 68.0 Å². The summed E-state index contributed by atoms with van der Waals surface area (Å²) in [4.78, 5) is 14.8. The molecule has 2 rings (SSSR count). The Bertz CT molecular complexity index is 534. The Hall–Kier alpha value is -2.17. The number of aryl methyl sites for hydroxylation is 2. The summed E-state index contributed by atoms with van der Waals surface area (Å²) in [6.45, 7) is 1.89. The van der Waals surface area contributed by atoms with Crippen molar-refractivity contribution in [3.63, 3.8) is 0 Å². The van der Waals surface area contributed by atoms with Crippen LogP contribution in [0.25, 0.3) is 5.69 Å². The normalized spacial score (nSPS) is 10.5. The van der Waals surface area contributed by atoms with E-state index < -0.39 is 5.97 Å². The molecule has 0 unspecified atom stereocenters. The van der Waals surface area contributed by atoms with Gasteiger partial charge in [0.1, 0.15) is 5.82 Å². The van der Waals surface area contributed by atoms with Crippen molar-refractivity contribution in [3.05, 3.63) is 42.0 Å². The Morgan fingerprint density at radius 3 is 2.72 bits per heavy atom. The van der Waals surface area contributed by atoms with Gasteiger partial charge in [-0.2, -0.15) is 5.10 Å². The summed E-state index contributed by atoms with van der Waals surface area (Å²) in [5.41, 5.74) is 0.965. The molecule has 0 saturated heterocycles. The number of carboxylic acids is 1. The molecule has 0 spiro atoms.